The Morgan fingerprint density at radius 1 is 1.53 bits per heavy atom. The summed E-state index contributed by atoms with van der Waals surface area (Å²) in [4.78, 5) is 11.7. The zero-order valence-electron chi connectivity index (χ0n) is 8.36. The summed E-state index contributed by atoms with van der Waals surface area (Å²) in [5.41, 5.74) is 2.06. The lowest BCUT2D eigenvalue weighted by Crippen LogP contribution is -2.32. The molecule has 1 aliphatic heterocycles. The van der Waals surface area contributed by atoms with Gasteiger partial charge in [0.2, 0.25) is 5.91 Å². The zero-order valence-corrected chi connectivity index (χ0v) is 8.36. The van der Waals surface area contributed by atoms with E-state index in [1.165, 1.54) is 0 Å². The molecular formula is C11H14N2O2. The molecule has 1 heterocycles. The highest BCUT2D eigenvalue weighted by Gasteiger charge is 2.27. The highest BCUT2D eigenvalue weighted by molar-refractivity contribution is 5.88. The fourth-order valence-electron chi connectivity index (χ4n) is 1.82. The van der Waals surface area contributed by atoms with Crippen molar-refractivity contribution in [3.05, 3.63) is 29.8 Å². The van der Waals surface area contributed by atoms with E-state index in [2.05, 4.69) is 10.6 Å². The lowest BCUT2D eigenvalue weighted by molar-refractivity contribution is -0.122. The van der Waals surface area contributed by atoms with Gasteiger partial charge >= 0.3 is 0 Å². The van der Waals surface area contributed by atoms with Crippen LogP contribution in [0.4, 0.5) is 5.69 Å². The second-order valence-electron chi connectivity index (χ2n) is 3.54. The molecular weight excluding hydrogens is 192 g/mol. The van der Waals surface area contributed by atoms with Crippen molar-refractivity contribution in [3.8, 4) is 0 Å². The Balaban J connectivity index is 2.10. The van der Waals surface area contributed by atoms with Gasteiger partial charge in [-0.2, -0.15) is 0 Å². The van der Waals surface area contributed by atoms with Crippen LogP contribution in [0.3, 0.4) is 0 Å². The van der Waals surface area contributed by atoms with Gasteiger partial charge in [0.05, 0.1) is 12.5 Å². The first-order valence-electron chi connectivity index (χ1n) is 5.04. The van der Waals surface area contributed by atoms with Gasteiger partial charge in [0.1, 0.15) is 0 Å². The van der Waals surface area contributed by atoms with E-state index in [4.69, 9.17) is 5.11 Å². The summed E-state index contributed by atoms with van der Waals surface area (Å²) >= 11 is 0. The van der Waals surface area contributed by atoms with E-state index in [1.54, 1.807) is 0 Å². The van der Waals surface area contributed by atoms with Crippen LogP contribution >= 0.6 is 0 Å². The van der Waals surface area contributed by atoms with E-state index in [0.717, 1.165) is 11.3 Å². The minimum absolute atomic E-state index is 0.0203. The molecule has 0 saturated heterocycles. The topological polar surface area (TPSA) is 61.4 Å². The third-order valence-electron chi connectivity index (χ3n) is 2.56. The Morgan fingerprint density at radius 2 is 2.33 bits per heavy atom. The van der Waals surface area contributed by atoms with Crippen LogP contribution in [-0.4, -0.2) is 30.7 Å². The molecule has 0 fully saturated rings. The average molecular weight is 206 g/mol. The first-order valence-corrected chi connectivity index (χ1v) is 5.04. The van der Waals surface area contributed by atoms with E-state index in [-0.39, 0.29) is 18.4 Å². The van der Waals surface area contributed by atoms with E-state index < -0.39 is 0 Å². The number of carbonyl (C=O) groups excluding carboxylic acids is 1. The summed E-state index contributed by atoms with van der Waals surface area (Å²) < 4.78 is 0. The number of fused-ring (bicyclic) bond motifs is 1. The molecule has 0 saturated carbocycles. The van der Waals surface area contributed by atoms with Crippen LogP contribution in [0.25, 0.3) is 0 Å². The van der Waals surface area contributed by atoms with E-state index >= 15 is 0 Å². The molecule has 4 heteroatoms. The number of para-hydroxylation sites is 1. The first-order chi connectivity index (χ1) is 7.33. The monoisotopic (exact) mass is 206 g/mol. The fourth-order valence-corrected chi connectivity index (χ4v) is 1.82. The first kappa shape index (κ1) is 9.98. The summed E-state index contributed by atoms with van der Waals surface area (Å²) in [6, 6.07) is 7.80. The van der Waals surface area contributed by atoms with Crippen molar-refractivity contribution in [3.63, 3.8) is 0 Å². The number of hydrogen-bond donors (Lipinski definition) is 3. The van der Waals surface area contributed by atoms with Crippen LogP contribution in [0.2, 0.25) is 0 Å². The number of aliphatic hydroxyl groups is 1. The maximum Gasteiger partial charge on any atom is 0.229 e. The van der Waals surface area contributed by atoms with Crippen LogP contribution in [0.1, 0.15) is 11.5 Å². The molecule has 1 amide bonds. The highest BCUT2D eigenvalue weighted by atomic mass is 16.3. The molecule has 15 heavy (non-hydrogen) atoms. The van der Waals surface area contributed by atoms with Crippen LogP contribution in [0.15, 0.2) is 24.3 Å². The standard InChI is InChI=1S/C11H14N2O2/c14-6-5-12-11(15)9-7-13-10-4-2-1-3-8(9)10/h1-4,9,13-14H,5-7H2,(H,12,15). The van der Waals surface area contributed by atoms with Crippen molar-refractivity contribution in [1.82, 2.24) is 5.32 Å². The minimum atomic E-state index is -0.132. The third-order valence-corrected chi connectivity index (χ3v) is 2.56. The zero-order chi connectivity index (χ0) is 10.7. The molecule has 0 radical (unpaired) electrons. The van der Waals surface area contributed by atoms with Gasteiger partial charge in [0.15, 0.2) is 0 Å². The molecule has 80 valence electrons. The average Bonchev–Trinajstić information content (AvgIpc) is 2.69. The van der Waals surface area contributed by atoms with Crippen molar-refractivity contribution in [2.24, 2.45) is 0 Å². The largest absolute Gasteiger partial charge is 0.395 e. The lowest BCUT2D eigenvalue weighted by Gasteiger charge is -2.09. The summed E-state index contributed by atoms with van der Waals surface area (Å²) in [6.45, 7) is 0.932. The van der Waals surface area contributed by atoms with Gasteiger partial charge in [-0.05, 0) is 11.6 Å². The van der Waals surface area contributed by atoms with Gasteiger partial charge in [-0.1, -0.05) is 18.2 Å². The van der Waals surface area contributed by atoms with Crippen LogP contribution < -0.4 is 10.6 Å². The predicted octanol–water partition coefficient (Wildman–Crippen LogP) is 0.304. The summed E-state index contributed by atoms with van der Waals surface area (Å²) in [5, 5.41) is 14.5. The number of aliphatic hydroxyl groups excluding tert-OH is 1. The van der Waals surface area contributed by atoms with Gasteiger partial charge in [-0.25, -0.2) is 0 Å². The molecule has 1 aliphatic rings. The predicted molar refractivity (Wildman–Crippen MR) is 57.8 cm³/mol. The van der Waals surface area contributed by atoms with Gasteiger partial charge in [-0.3, -0.25) is 4.79 Å². The van der Waals surface area contributed by atoms with Gasteiger partial charge < -0.3 is 15.7 Å². The highest BCUT2D eigenvalue weighted by Crippen LogP contribution is 2.30. The van der Waals surface area contributed by atoms with Crippen molar-refractivity contribution in [1.29, 1.82) is 0 Å². The molecule has 0 bridgehead atoms. The Morgan fingerprint density at radius 3 is 3.13 bits per heavy atom. The summed E-state index contributed by atoms with van der Waals surface area (Å²) in [7, 11) is 0. The van der Waals surface area contributed by atoms with Crippen molar-refractivity contribution in [2.75, 3.05) is 25.0 Å². The maximum absolute atomic E-state index is 11.7. The number of carbonyl (C=O) groups is 1. The quantitative estimate of drug-likeness (QED) is 0.666. The molecule has 0 aromatic heterocycles. The molecule has 0 aliphatic carbocycles. The van der Waals surface area contributed by atoms with E-state index in [1.807, 2.05) is 24.3 Å². The lowest BCUT2D eigenvalue weighted by atomic mass is 10.0. The molecule has 0 spiro atoms. The van der Waals surface area contributed by atoms with Gasteiger partial charge in [0.25, 0.3) is 0 Å². The molecule has 2 rings (SSSR count). The maximum atomic E-state index is 11.7. The smallest absolute Gasteiger partial charge is 0.229 e. The third kappa shape index (κ3) is 1.94. The minimum Gasteiger partial charge on any atom is -0.395 e. The Kier molecular flexibility index (Phi) is 2.87. The SMILES string of the molecule is O=C(NCCO)C1CNc2ccccc21. The van der Waals surface area contributed by atoms with Crippen LogP contribution in [0.5, 0.6) is 0 Å². The normalized spacial score (nSPS) is 18.1. The number of amides is 1. The molecule has 1 atom stereocenters. The number of rotatable bonds is 3. The van der Waals surface area contributed by atoms with Crippen LogP contribution in [0, 0.1) is 0 Å². The Hall–Kier alpha value is -1.55. The second kappa shape index (κ2) is 4.31. The molecule has 1 aromatic rings. The van der Waals surface area contributed by atoms with Crippen molar-refractivity contribution < 1.29 is 9.90 Å². The molecule has 4 nitrogen and oxygen atoms in total. The summed E-state index contributed by atoms with van der Waals surface area (Å²) in [5.74, 6) is -0.158. The number of benzene rings is 1. The fraction of sp³-hybridized carbons (Fsp3) is 0.364. The Bertz CT molecular complexity index is 365. The Labute approximate surface area is 88.3 Å². The van der Waals surface area contributed by atoms with Crippen molar-refractivity contribution >= 4 is 11.6 Å². The summed E-state index contributed by atoms with van der Waals surface area (Å²) in [6.07, 6.45) is 0. The molecule has 1 unspecified atom stereocenters. The van der Waals surface area contributed by atoms with Gasteiger partial charge in [0, 0.05) is 18.8 Å². The van der Waals surface area contributed by atoms with Gasteiger partial charge in [-0.15, -0.1) is 0 Å². The van der Waals surface area contributed by atoms with E-state index in [9.17, 15) is 4.79 Å². The number of hydrogen-bond acceptors (Lipinski definition) is 3. The molecule has 3 N–H and O–H groups in total. The van der Waals surface area contributed by atoms with Crippen molar-refractivity contribution in [2.45, 2.75) is 5.92 Å². The van der Waals surface area contributed by atoms with E-state index in [0.29, 0.717) is 13.1 Å². The number of anilines is 1. The number of nitrogens with one attached hydrogen (secondary N) is 2. The molecule has 1 aromatic carbocycles. The van der Waals surface area contributed by atoms with Crippen LogP contribution in [-0.2, 0) is 4.79 Å². The second-order valence-corrected chi connectivity index (χ2v) is 3.54.